The van der Waals surface area contributed by atoms with Gasteiger partial charge in [0.2, 0.25) is 5.91 Å². The molecular weight excluding hydrogens is 434 g/mol. The fourth-order valence-corrected chi connectivity index (χ4v) is 3.73. The van der Waals surface area contributed by atoms with Crippen molar-refractivity contribution in [3.8, 4) is 0 Å². The number of nitrogens with zero attached hydrogens (tertiary/aromatic N) is 3. The van der Waals surface area contributed by atoms with Gasteiger partial charge in [0.15, 0.2) is 0 Å². The summed E-state index contributed by atoms with van der Waals surface area (Å²) in [5.41, 5.74) is 6.57. The first-order chi connectivity index (χ1) is 14.9. The molecule has 1 fully saturated rings. The average molecular weight is 470 g/mol. The minimum Gasteiger partial charge on any atom is -0.480 e. The number of aliphatic carboxylic acids is 2. The van der Waals surface area contributed by atoms with Crippen molar-refractivity contribution in [2.75, 3.05) is 13.1 Å². The summed E-state index contributed by atoms with van der Waals surface area (Å²) >= 11 is 0. The van der Waals surface area contributed by atoms with Crippen LogP contribution in [-0.2, 0) is 20.8 Å². The Balaban J connectivity index is 0. The zero-order valence-electron chi connectivity index (χ0n) is 18.5. The SMILES string of the molecule is N#N.NCCCC[C@H](N[C@@H](CCc1ccccc1)C(=O)O)C(=O)N1CCC[C@H]1C(=O)O.O.O. The Labute approximate surface area is 192 Å². The molecule has 1 heterocycles. The molecule has 33 heavy (non-hydrogen) atoms. The van der Waals surface area contributed by atoms with Crippen molar-refractivity contribution in [1.29, 1.82) is 10.8 Å². The lowest BCUT2D eigenvalue weighted by Gasteiger charge is -2.29. The molecule has 9 N–H and O–H groups in total. The van der Waals surface area contributed by atoms with Crippen LogP contribution in [-0.4, -0.2) is 75.1 Å². The molecule has 1 aliphatic rings. The van der Waals surface area contributed by atoms with Gasteiger partial charge < -0.3 is 31.8 Å². The first kappa shape index (κ1) is 32.1. The van der Waals surface area contributed by atoms with Crippen LogP contribution < -0.4 is 11.1 Å². The fourth-order valence-electron chi connectivity index (χ4n) is 3.73. The summed E-state index contributed by atoms with van der Waals surface area (Å²) in [6.45, 7) is 0.866. The quantitative estimate of drug-likeness (QED) is 0.230. The predicted octanol–water partition coefficient (Wildman–Crippen LogP) is -0.384. The number of hydrogen-bond donors (Lipinski definition) is 4. The lowest BCUT2D eigenvalue weighted by molar-refractivity contribution is -0.149. The van der Waals surface area contributed by atoms with Crippen LogP contribution in [0.2, 0.25) is 0 Å². The standard InChI is InChI=1S/C21H31N3O5.N2.2H2O/c22-13-5-4-9-16(19(25)24-14-6-10-18(24)21(28)29)23-17(20(26)27)12-11-15-7-2-1-3-8-15;1-2;;/h1-3,7-8,16-18,23H,4-6,9-14,22H2,(H,26,27)(H,28,29);;2*1H2/t16-,17-,18-;;;/m0.../s1. The molecule has 0 spiro atoms. The number of rotatable bonds is 12. The van der Waals surface area contributed by atoms with Crippen LogP contribution in [0.4, 0.5) is 0 Å². The number of carbonyl (C=O) groups is 3. The predicted molar refractivity (Wildman–Crippen MR) is 119 cm³/mol. The molecule has 0 bridgehead atoms. The summed E-state index contributed by atoms with van der Waals surface area (Å²) in [7, 11) is 0. The molecule has 1 aromatic carbocycles. The maximum atomic E-state index is 13.1. The Morgan fingerprint density at radius 2 is 1.70 bits per heavy atom. The van der Waals surface area contributed by atoms with Gasteiger partial charge in [0.25, 0.3) is 0 Å². The monoisotopic (exact) mass is 469 g/mol. The van der Waals surface area contributed by atoms with Crippen LogP contribution in [0.1, 0.15) is 44.1 Å². The summed E-state index contributed by atoms with van der Waals surface area (Å²) in [5.74, 6) is -2.37. The van der Waals surface area contributed by atoms with Gasteiger partial charge in [-0.3, -0.25) is 14.9 Å². The van der Waals surface area contributed by atoms with Crippen molar-refractivity contribution in [1.82, 2.24) is 10.2 Å². The number of carboxylic acid groups (broad SMARTS) is 2. The van der Waals surface area contributed by atoms with Crippen LogP contribution in [0.5, 0.6) is 0 Å². The second-order valence-electron chi connectivity index (χ2n) is 7.45. The number of nitrogens with one attached hydrogen (secondary N) is 1. The highest BCUT2D eigenvalue weighted by Crippen LogP contribution is 2.20. The highest BCUT2D eigenvalue weighted by Gasteiger charge is 2.38. The second-order valence-corrected chi connectivity index (χ2v) is 7.45. The normalized spacial score (nSPS) is 16.2. The van der Waals surface area contributed by atoms with Crippen LogP contribution in [0.3, 0.4) is 0 Å². The molecule has 1 aromatic rings. The molecule has 1 saturated heterocycles. The molecule has 0 saturated carbocycles. The summed E-state index contributed by atoms with van der Waals surface area (Å²) < 4.78 is 0. The Morgan fingerprint density at radius 3 is 2.24 bits per heavy atom. The van der Waals surface area contributed by atoms with Gasteiger partial charge in [-0.15, -0.1) is 0 Å². The van der Waals surface area contributed by atoms with Gasteiger partial charge in [0, 0.05) is 17.3 Å². The van der Waals surface area contributed by atoms with Crippen molar-refractivity contribution in [3.63, 3.8) is 0 Å². The van der Waals surface area contributed by atoms with Gasteiger partial charge >= 0.3 is 11.9 Å². The third kappa shape index (κ3) is 10.4. The number of benzene rings is 1. The lowest BCUT2D eigenvalue weighted by atomic mass is 10.0. The molecule has 186 valence electrons. The minimum atomic E-state index is -1.02. The molecule has 0 unspecified atom stereocenters. The summed E-state index contributed by atoms with van der Waals surface area (Å²) in [4.78, 5) is 37.7. The van der Waals surface area contributed by atoms with Gasteiger partial charge in [-0.2, -0.15) is 0 Å². The van der Waals surface area contributed by atoms with E-state index in [1.165, 1.54) is 4.90 Å². The maximum Gasteiger partial charge on any atom is 0.326 e. The maximum absolute atomic E-state index is 13.1. The van der Waals surface area contributed by atoms with Gasteiger partial charge in [-0.25, -0.2) is 4.79 Å². The molecule has 1 aliphatic heterocycles. The van der Waals surface area contributed by atoms with Crippen LogP contribution in [0.25, 0.3) is 0 Å². The zero-order valence-corrected chi connectivity index (χ0v) is 18.5. The van der Waals surface area contributed by atoms with Crippen molar-refractivity contribution in [3.05, 3.63) is 35.9 Å². The van der Waals surface area contributed by atoms with Gasteiger partial charge in [-0.05, 0) is 50.6 Å². The first-order valence-corrected chi connectivity index (χ1v) is 10.4. The van der Waals surface area contributed by atoms with Crippen molar-refractivity contribution < 1.29 is 35.5 Å². The zero-order chi connectivity index (χ0) is 23.2. The highest BCUT2D eigenvalue weighted by atomic mass is 16.4. The van der Waals surface area contributed by atoms with E-state index in [0.29, 0.717) is 51.6 Å². The Hall–Kier alpha value is -3.11. The van der Waals surface area contributed by atoms with E-state index in [2.05, 4.69) is 5.32 Å². The third-order valence-corrected chi connectivity index (χ3v) is 5.33. The van der Waals surface area contributed by atoms with Crippen LogP contribution in [0.15, 0.2) is 30.3 Å². The molecule has 3 atom stereocenters. The number of amides is 1. The second kappa shape index (κ2) is 17.4. The van der Waals surface area contributed by atoms with Gasteiger partial charge in [-0.1, -0.05) is 36.8 Å². The molecular formula is C21H35N5O7. The minimum absolute atomic E-state index is 0. The Morgan fingerprint density at radius 1 is 1.06 bits per heavy atom. The van der Waals surface area contributed by atoms with Crippen LogP contribution >= 0.6 is 0 Å². The molecule has 0 aromatic heterocycles. The number of likely N-dealkylation sites (tertiary alicyclic amines) is 1. The topological polar surface area (TPSA) is 244 Å². The van der Waals surface area contributed by atoms with E-state index in [4.69, 9.17) is 16.5 Å². The number of aryl methyl sites for hydroxylation is 1. The Bertz CT molecular complexity index is 732. The molecule has 0 radical (unpaired) electrons. The van der Waals surface area contributed by atoms with Crippen LogP contribution in [0, 0.1) is 10.8 Å². The van der Waals surface area contributed by atoms with Crippen molar-refractivity contribution in [2.24, 2.45) is 5.73 Å². The van der Waals surface area contributed by atoms with E-state index in [-0.39, 0.29) is 16.9 Å². The van der Waals surface area contributed by atoms with E-state index in [1.54, 1.807) is 0 Å². The number of carbonyl (C=O) groups excluding carboxylic acids is 1. The van der Waals surface area contributed by atoms with E-state index in [1.807, 2.05) is 30.3 Å². The van der Waals surface area contributed by atoms with E-state index in [0.717, 1.165) is 12.0 Å². The van der Waals surface area contributed by atoms with E-state index < -0.39 is 30.1 Å². The van der Waals surface area contributed by atoms with E-state index in [9.17, 15) is 24.6 Å². The first-order valence-electron chi connectivity index (χ1n) is 10.4. The summed E-state index contributed by atoms with van der Waals surface area (Å²) in [6, 6.07) is 7.10. The number of hydrogen-bond acceptors (Lipinski definition) is 7. The number of carboxylic acids is 2. The van der Waals surface area contributed by atoms with Crippen molar-refractivity contribution >= 4 is 17.8 Å². The highest BCUT2D eigenvalue weighted by molar-refractivity contribution is 5.88. The molecule has 1 amide bonds. The molecule has 12 heteroatoms. The molecule has 0 aliphatic carbocycles. The summed E-state index contributed by atoms with van der Waals surface area (Å²) in [6.07, 6.45) is 3.76. The van der Waals surface area contributed by atoms with Gasteiger partial charge in [0.1, 0.15) is 12.1 Å². The van der Waals surface area contributed by atoms with Gasteiger partial charge in [0.05, 0.1) is 6.04 Å². The number of unbranched alkanes of at least 4 members (excludes halogenated alkanes) is 1. The molecule has 12 nitrogen and oxygen atoms in total. The largest absolute Gasteiger partial charge is 0.480 e. The third-order valence-electron chi connectivity index (χ3n) is 5.33. The lowest BCUT2D eigenvalue weighted by Crippen LogP contribution is -2.54. The van der Waals surface area contributed by atoms with Crippen molar-refractivity contribution in [2.45, 2.75) is 63.1 Å². The summed E-state index contributed by atoms with van der Waals surface area (Å²) in [5, 5.41) is 34.0. The smallest absolute Gasteiger partial charge is 0.326 e. The Kier molecular flexibility index (Phi) is 17.0. The molecule has 2 rings (SSSR count). The average Bonchev–Trinajstić information content (AvgIpc) is 3.27. The van der Waals surface area contributed by atoms with E-state index >= 15 is 0 Å². The fraction of sp³-hybridized carbons (Fsp3) is 0.571. The number of nitrogens with two attached hydrogens (primary N) is 1.